The average Bonchev–Trinajstić information content (AvgIpc) is 3.12. The van der Waals surface area contributed by atoms with Crippen LogP contribution in [0.15, 0.2) is 60.7 Å². The van der Waals surface area contributed by atoms with Crippen LogP contribution in [0.1, 0.15) is 17.2 Å². The Balaban J connectivity index is 1.73. The lowest BCUT2D eigenvalue weighted by Gasteiger charge is -2.42. The molecule has 4 nitrogen and oxygen atoms in total. The van der Waals surface area contributed by atoms with Gasteiger partial charge in [-0.05, 0) is 11.1 Å². The third-order valence-corrected chi connectivity index (χ3v) is 5.60. The zero-order valence-corrected chi connectivity index (χ0v) is 14.0. The summed E-state index contributed by atoms with van der Waals surface area (Å²) in [4.78, 5) is 29.6. The highest BCUT2D eigenvalue weighted by Crippen LogP contribution is 2.36. The zero-order chi connectivity index (χ0) is 16.5. The predicted molar refractivity (Wildman–Crippen MR) is 94.1 cm³/mol. The van der Waals surface area contributed by atoms with Crippen molar-refractivity contribution >= 4 is 23.6 Å². The Kier molecular flexibility index (Phi) is 4.02. The minimum Gasteiger partial charge on any atom is -0.320 e. The van der Waals surface area contributed by atoms with Gasteiger partial charge in [-0.25, -0.2) is 0 Å². The van der Waals surface area contributed by atoms with Crippen molar-refractivity contribution < 1.29 is 9.59 Å². The SMILES string of the molecule is O=C1C(c2ccccc2)N(Cc2ccccc2)C(=O)C2CSCN12. The van der Waals surface area contributed by atoms with E-state index in [1.807, 2.05) is 60.7 Å². The second-order valence-electron chi connectivity index (χ2n) is 6.09. The summed E-state index contributed by atoms with van der Waals surface area (Å²) in [6.45, 7) is 0.458. The standard InChI is InChI=1S/C19H18N2O2S/c22-18-16-12-24-13-21(16)19(23)17(15-9-5-2-6-10-15)20(18)11-14-7-3-1-4-8-14/h1-10,16-17H,11-13H2. The zero-order valence-electron chi connectivity index (χ0n) is 13.2. The Hall–Kier alpha value is -2.27. The predicted octanol–water partition coefficient (Wildman–Crippen LogP) is 2.67. The summed E-state index contributed by atoms with van der Waals surface area (Å²) in [5, 5.41) is 0. The first-order valence-electron chi connectivity index (χ1n) is 8.03. The number of rotatable bonds is 3. The van der Waals surface area contributed by atoms with Crippen LogP contribution in [0.25, 0.3) is 0 Å². The van der Waals surface area contributed by atoms with Crippen molar-refractivity contribution in [2.75, 3.05) is 11.6 Å². The molecule has 0 aliphatic carbocycles. The molecule has 2 aliphatic heterocycles. The maximum Gasteiger partial charge on any atom is 0.251 e. The van der Waals surface area contributed by atoms with E-state index in [4.69, 9.17) is 0 Å². The average molecular weight is 338 g/mol. The normalized spacial score (nSPS) is 23.5. The number of amides is 2. The number of benzene rings is 2. The molecule has 2 heterocycles. The van der Waals surface area contributed by atoms with Gasteiger partial charge >= 0.3 is 0 Å². The molecule has 2 fully saturated rings. The third-order valence-electron chi connectivity index (χ3n) is 4.59. The molecule has 0 spiro atoms. The van der Waals surface area contributed by atoms with Gasteiger partial charge in [0, 0.05) is 12.3 Å². The lowest BCUT2D eigenvalue weighted by Crippen LogP contribution is -2.59. The molecule has 2 aromatic carbocycles. The molecule has 122 valence electrons. The summed E-state index contributed by atoms with van der Waals surface area (Å²) in [6.07, 6.45) is 0. The number of piperazine rings is 1. The van der Waals surface area contributed by atoms with Crippen molar-refractivity contribution in [2.24, 2.45) is 0 Å². The molecule has 0 N–H and O–H groups in total. The lowest BCUT2D eigenvalue weighted by molar-refractivity contribution is -0.160. The van der Waals surface area contributed by atoms with E-state index >= 15 is 0 Å². The Morgan fingerprint density at radius 3 is 2.29 bits per heavy atom. The van der Waals surface area contributed by atoms with Crippen molar-refractivity contribution in [2.45, 2.75) is 18.6 Å². The second kappa shape index (κ2) is 6.32. The molecule has 2 aromatic rings. The van der Waals surface area contributed by atoms with Crippen molar-refractivity contribution in [3.8, 4) is 0 Å². The summed E-state index contributed by atoms with van der Waals surface area (Å²) in [5.41, 5.74) is 1.92. The molecule has 4 rings (SSSR count). The van der Waals surface area contributed by atoms with Crippen molar-refractivity contribution in [1.82, 2.24) is 9.80 Å². The highest BCUT2D eigenvalue weighted by Gasteiger charge is 2.48. The number of carbonyl (C=O) groups excluding carboxylic acids is 2. The molecule has 0 bridgehead atoms. The fraction of sp³-hybridized carbons (Fsp3) is 0.263. The van der Waals surface area contributed by atoms with Crippen molar-refractivity contribution in [3.63, 3.8) is 0 Å². The first-order valence-corrected chi connectivity index (χ1v) is 9.19. The Bertz CT molecular complexity index is 750. The van der Waals surface area contributed by atoms with E-state index in [0.29, 0.717) is 18.2 Å². The maximum absolute atomic E-state index is 13.1. The van der Waals surface area contributed by atoms with Crippen LogP contribution in [0.3, 0.4) is 0 Å². The highest BCUT2D eigenvalue weighted by atomic mass is 32.2. The van der Waals surface area contributed by atoms with Gasteiger partial charge in [0.1, 0.15) is 12.1 Å². The van der Waals surface area contributed by atoms with Crippen LogP contribution in [0, 0.1) is 0 Å². The van der Waals surface area contributed by atoms with E-state index < -0.39 is 6.04 Å². The molecule has 2 saturated heterocycles. The minimum atomic E-state index is -0.533. The van der Waals surface area contributed by atoms with E-state index in [9.17, 15) is 9.59 Å². The Labute approximate surface area is 145 Å². The summed E-state index contributed by atoms with van der Waals surface area (Å²) in [7, 11) is 0. The number of thioether (sulfide) groups is 1. The fourth-order valence-electron chi connectivity index (χ4n) is 3.38. The van der Waals surface area contributed by atoms with Gasteiger partial charge < -0.3 is 9.80 Å². The molecule has 0 radical (unpaired) electrons. The van der Waals surface area contributed by atoms with E-state index in [0.717, 1.165) is 11.1 Å². The summed E-state index contributed by atoms with van der Waals surface area (Å²) in [5.74, 6) is 1.39. The van der Waals surface area contributed by atoms with E-state index in [1.54, 1.807) is 21.6 Å². The molecule has 2 aliphatic rings. The third kappa shape index (κ3) is 2.59. The minimum absolute atomic E-state index is 0.0340. The molecule has 5 heteroatoms. The highest BCUT2D eigenvalue weighted by molar-refractivity contribution is 7.99. The Morgan fingerprint density at radius 1 is 0.917 bits per heavy atom. The largest absolute Gasteiger partial charge is 0.320 e. The van der Waals surface area contributed by atoms with Crippen LogP contribution < -0.4 is 0 Å². The Morgan fingerprint density at radius 2 is 1.58 bits per heavy atom. The van der Waals surface area contributed by atoms with E-state index in [-0.39, 0.29) is 17.9 Å². The van der Waals surface area contributed by atoms with Crippen molar-refractivity contribution in [3.05, 3.63) is 71.8 Å². The molecule has 2 amide bonds. The van der Waals surface area contributed by atoms with E-state index in [2.05, 4.69) is 0 Å². The van der Waals surface area contributed by atoms with E-state index in [1.165, 1.54) is 0 Å². The topological polar surface area (TPSA) is 40.6 Å². The molecule has 0 saturated carbocycles. The van der Waals surface area contributed by atoms with Gasteiger partial charge in [0.2, 0.25) is 5.91 Å². The summed E-state index contributed by atoms with van der Waals surface area (Å²) in [6, 6.07) is 18.6. The van der Waals surface area contributed by atoms with Gasteiger partial charge in [-0.15, -0.1) is 11.8 Å². The molecule has 0 aromatic heterocycles. The van der Waals surface area contributed by atoms with Crippen LogP contribution >= 0.6 is 11.8 Å². The van der Waals surface area contributed by atoms with Gasteiger partial charge in [0.25, 0.3) is 5.91 Å². The monoisotopic (exact) mass is 338 g/mol. The van der Waals surface area contributed by atoms with Gasteiger partial charge in [-0.1, -0.05) is 60.7 Å². The number of fused-ring (bicyclic) bond motifs is 1. The van der Waals surface area contributed by atoms with Crippen LogP contribution in [-0.2, 0) is 16.1 Å². The molecule has 2 atom stereocenters. The quantitative estimate of drug-likeness (QED) is 0.864. The molecule has 24 heavy (non-hydrogen) atoms. The van der Waals surface area contributed by atoms with Crippen LogP contribution in [0.4, 0.5) is 0 Å². The first-order chi connectivity index (χ1) is 11.8. The van der Waals surface area contributed by atoms with Crippen LogP contribution in [-0.4, -0.2) is 39.3 Å². The molecular weight excluding hydrogens is 320 g/mol. The van der Waals surface area contributed by atoms with Gasteiger partial charge in [-0.3, -0.25) is 9.59 Å². The number of nitrogens with zero attached hydrogens (tertiary/aromatic N) is 2. The van der Waals surface area contributed by atoms with Crippen molar-refractivity contribution in [1.29, 1.82) is 0 Å². The molecule has 2 unspecified atom stereocenters. The number of hydrogen-bond donors (Lipinski definition) is 0. The van der Waals surface area contributed by atoms with Gasteiger partial charge in [-0.2, -0.15) is 0 Å². The van der Waals surface area contributed by atoms with Gasteiger partial charge in [0.15, 0.2) is 0 Å². The lowest BCUT2D eigenvalue weighted by atomic mass is 9.98. The summed E-state index contributed by atoms with van der Waals surface area (Å²) >= 11 is 1.65. The fourth-order valence-corrected chi connectivity index (χ4v) is 4.54. The smallest absolute Gasteiger partial charge is 0.251 e. The number of carbonyl (C=O) groups is 2. The maximum atomic E-state index is 13.1. The summed E-state index contributed by atoms with van der Waals surface area (Å²) < 4.78 is 0. The molecular formula is C19H18N2O2S. The van der Waals surface area contributed by atoms with Gasteiger partial charge in [0.05, 0.1) is 5.88 Å². The van der Waals surface area contributed by atoms with Crippen LogP contribution in [0.2, 0.25) is 0 Å². The first kappa shape index (κ1) is 15.3. The van der Waals surface area contributed by atoms with Crippen LogP contribution in [0.5, 0.6) is 0 Å². The number of hydrogen-bond acceptors (Lipinski definition) is 3. The second-order valence-corrected chi connectivity index (χ2v) is 7.09.